The van der Waals surface area contributed by atoms with E-state index in [4.69, 9.17) is 11.6 Å². The standard InChI is InChI=1S/C17H17ClN2O2S2/c18-13-3-4-14-15(11-19-16(14)10-13)12-5-7-20(8-6-12)24(21,22)17-2-1-9-23-17/h1-4,9-12,19H,5-8H2. The van der Waals surface area contributed by atoms with E-state index in [9.17, 15) is 8.42 Å². The van der Waals surface area contributed by atoms with Gasteiger partial charge in [0.25, 0.3) is 10.0 Å². The number of benzene rings is 1. The lowest BCUT2D eigenvalue weighted by Gasteiger charge is -2.30. The van der Waals surface area contributed by atoms with Crippen molar-refractivity contribution >= 4 is 43.9 Å². The van der Waals surface area contributed by atoms with E-state index in [1.807, 2.05) is 24.4 Å². The smallest absolute Gasteiger partial charge is 0.252 e. The average Bonchev–Trinajstić information content (AvgIpc) is 3.24. The fraction of sp³-hybridized carbons (Fsp3) is 0.294. The Hall–Kier alpha value is -1.34. The summed E-state index contributed by atoms with van der Waals surface area (Å²) in [5, 5.41) is 3.70. The van der Waals surface area contributed by atoms with Gasteiger partial charge in [-0.3, -0.25) is 0 Å². The van der Waals surface area contributed by atoms with Crippen LogP contribution >= 0.6 is 22.9 Å². The maximum Gasteiger partial charge on any atom is 0.252 e. The maximum absolute atomic E-state index is 12.6. The monoisotopic (exact) mass is 380 g/mol. The molecule has 0 atom stereocenters. The van der Waals surface area contributed by atoms with Crippen molar-refractivity contribution in [2.24, 2.45) is 0 Å². The van der Waals surface area contributed by atoms with Crippen molar-refractivity contribution in [3.8, 4) is 0 Å². The zero-order valence-electron chi connectivity index (χ0n) is 12.9. The number of nitrogens with zero attached hydrogens (tertiary/aromatic N) is 1. The second kappa shape index (κ2) is 6.19. The van der Waals surface area contributed by atoms with Crippen LogP contribution in [-0.2, 0) is 10.0 Å². The summed E-state index contributed by atoms with van der Waals surface area (Å²) >= 11 is 7.32. The van der Waals surface area contributed by atoms with Crippen molar-refractivity contribution in [3.63, 3.8) is 0 Å². The van der Waals surface area contributed by atoms with Gasteiger partial charge in [0.1, 0.15) is 4.21 Å². The molecule has 1 aliphatic rings. The van der Waals surface area contributed by atoms with Crippen LogP contribution in [0.4, 0.5) is 0 Å². The number of fused-ring (bicyclic) bond motifs is 1. The molecule has 0 amide bonds. The SMILES string of the molecule is O=S(=O)(c1cccs1)N1CCC(c2c[nH]c3cc(Cl)ccc23)CC1. The molecule has 1 N–H and O–H groups in total. The first-order valence-corrected chi connectivity index (χ1v) is 10.6. The van der Waals surface area contributed by atoms with E-state index in [1.54, 1.807) is 21.8 Å². The summed E-state index contributed by atoms with van der Waals surface area (Å²) in [6.07, 6.45) is 3.70. The summed E-state index contributed by atoms with van der Waals surface area (Å²) in [6.45, 7) is 1.12. The lowest BCUT2D eigenvalue weighted by Crippen LogP contribution is -2.37. The van der Waals surface area contributed by atoms with Crippen LogP contribution in [0, 0.1) is 0 Å². The van der Waals surface area contributed by atoms with Crippen molar-refractivity contribution in [1.29, 1.82) is 0 Å². The third-order valence-electron chi connectivity index (χ3n) is 4.66. The number of thiophene rings is 1. The van der Waals surface area contributed by atoms with Gasteiger partial charge in [-0.1, -0.05) is 23.7 Å². The van der Waals surface area contributed by atoms with Gasteiger partial charge in [0, 0.05) is 35.2 Å². The molecular weight excluding hydrogens is 364 g/mol. The lowest BCUT2D eigenvalue weighted by atomic mass is 9.90. The molecule has 24 heavy (non-hydrogen) atoms. The molecule has 4 rings (SSSR count). The molecule has 0 radical (unpaired) electrons. The Morgan fingerprint density at radius 1 is 1.21 bits per heavy atom. The third kappa shape index (κ3) is 2.77. The number of piperidine rings is 1. The lowest BCUT2D eigenvalue weighted by molar-refractivity contribution is 0.321. The molecule has 1 aromatic carbocycles. The zero-order valence-corrected chi connectivity index (χ0v) is 15.3. The molecule has 7 heteroatoms. The topological polar surface area (TPSA) is 53.2 Å². The number of nitrogens with one attached hydrogen (secondary N) is 1. The number of rotatable bonds is 3. The molecule has 3 heterocycles. The first-order chi connectivity index (χ1) is 11.6. The second-order valence-electron chi connectivity index (χ2n) is 6.04. The molecule has 126 valence electrons. The number of hydrogen-bond donors (Lipinski definition) is 1. The van der Waals surface area contributed by atoms with E-state index in [-0.39, 0.29) is 0 Å². The van der Waals surface area contributed by atoms with Crippen molar-refractivity contribution in [2.75, 3.05) is 13.1 Å². The summed E-state index contributed by atoms with van der Waals surface area (Å²) in [5.74, 6) is 0.370. The van der Waals surface area contributed by atoms with Gasteiger partial charge in [0.05, 0.1) is 0 Å². The predicted octanol–water partition coefficient (Wildman–Crippen LogP) is 4.45. The van der Waals surface area contributed by atoms with E-state index in [2.05, 4.69) is 4.98 Å². The van der Waals surface area contributed by atoms with Crippen LogP contribution in [0.15, 0.2) is 46.1 Å². The van der Waals surface area contributed by atoms with Crippen LogP contribution in [-0.4, -0.2) is 30.8 Å². The van der Waals surface area contributed by atoms with E-state index >= 15 is 0 Å². The number of aromatic amines is 1. The molecule has 1 fully saturated rings. The minimum Gasteiger partial charge on any atom is -0.361 e. The molecule has 3 aromatic rings. The minimum atomic E-state index is -3.33. The fourth-order valence-electron chi connectivity index (χ4n) is 3.40. The Morgan fingerprint density at radius 3 is 2.71 bits per heavy atom. The van der Waals surface area contributed by atoms with Crippen molar-refractivity contribution < 1.29 is 8.42 Å². The van der Waals surface area contributed by atoms with Gasteiger partial charge in [0.15, 0.2) is 0 Å². The Kier molecular flexibility index (Phi) is 4.16. The Bertz CT molecular complexity index is 956. The Labute approximate surface area is 150 Å². The minimum absolute atomic E-state index is 0.370. The molecule has 0 aliphatic carbocycles. The molecule has 0 unspecified atom stereocenters. The molecular formula is C17H17ClN2O2S2. The summed E-state index contributed by atoms with van der Waals surface area (Å²) in [6, 6.07) is 9.32. The van der Waals surface area contributed by atoms with E-state index in [0.29, 0.717) is 28.2 Å². The number of sulfonamides is 1. The van der Waals surface area contributed by atoms with Crippen LogP contribution < -0.4 is 0 Å². The molecule has 0 spiro atoms. The van der Waals surface area contributed by atoms with Crippen molar-refractivity contribution in [1.82, 2.24) is 9.29 Å². The van der Waals surface area contributed by atoms with Gasteiger partial charge < -0.3 is 4.98 Å². The average molecular weight is 381 g/mol. The van der Waals surface area contributed by atoms with Crippen LogP contribution in [0.1, 0.15) is 24.3 Å². The summed E-state index contributed by atoms with van der Waals surface area (Å²) < 4.78 is 27.3. The van der Waals surface area contributed by atoms with Gasteiger partial charge in [0.2, 0.25) is 0 Å². The molecule has 0 saturated carbocycles. The van der Waals surface area contributed by atoms with Crippen molar-refractivity contribution in [2.45, 2.75) is 23.0 Å². The Morgan fingerprint density at radius 2 is 2.00 bits per heavy atom. The second-order valence-corrected chi connectivity index (χ2v) is 9.59. The quantitative estimate of drug-likeness (QED) is 0.729. The number of hydrogen-bond acceptors (Lipinski definition) is 3. The summed E-state index contributed by atoms with van der Waals surface area (Å²) in [5.41, 5.74) is 2.29. The normalized spacial score (nSPS) is 17.5. The molecule has 1 saturated heterocycles. The van der Waals surface area contributed by atoms with Gasteiger partial charge >= 0.3 is 0 Å². The maximum atomic E-state index is 12.6. The largest absolute Gasteiger partial charge is 0.361 e. The van der Waals surface area contributed by atoms with Crippen molar-refractivity contribution in [3.05, 3.63) is 52.5 Å². The van der Waals surface area contributed by atoms with E-state index < -0.39 is 10.0 Å². The highest BCUT2D eigenvalue weighted by Crippen LogP contribution is 2.35. The number of aromatic nitrogens is 1. The number of halogens is 1. The van der Waals surface area contributed by atoms with Gasteiger partial charge in [-0.2, -0.15) is 4.31 Å². The summed E-state index contributed by atoms with van der Waals surface area (Å²) in [7, 11) is -3.33. The van der Waals surface area contributed by atoms with E-state index in [1.165, 1.54) is 22.3 Å². The Balaban J connectivity index is 1.54. The number of H-pyrrole nitrogens is 1. The van der Waals surface area contributed by atoms with Crippen LogP contribution in [0.5, 0.6) is 0 Å². The van der Waals surface area contributed by atoms with Gasteiger partial charge in [-0.25, -0.2) is 8.42 Å². The predicted molar refractivity (Wildman–Crippen MR) is 98.4 cm³/mol. The summed E-state index contributed by atoms with van der Waals surface area (Å²) in [4.78, 5) is 3.28. The van der Waals surface area contributed by atoms with Gasteiger partial charge in [-0.05, 0) is 47.9 Å². The third-order valence-corrected chi connectivity index (χ3v) is 8.17. The van der Waals surface area contributed by atoms with Crippen LogP contribution in [0.3, 0.4) is 0 Å². The molecule has 1 aliphatic heterocycles. The highest BCUT2D eigenvalue weighted by Gasteiger charge is 2.31. The molecule has 4 nitrogen and oxygen atoms in total. The van der Waals surface area contributed by atoms with Gasteiger partial charge in [-0.15, -0.1) is 11.3 Å². The molecule has 0 bridgehead atoms. The molecule has 2 aromatic heterocycles. The highest BCUT2D eigenvalue weighted by atomic mass is 35.5. The van der Waals surface area contributed by atoms with Crippen LogP contribution in [0.2, 0.25) is 5.02 Å². The first-order valence-electron chi connectivity index (χ1n) is 7.86. The van der Waals surface area contributed by atoms with E-state index in [0.717, 1.165) is 18.4 Å². The zero-order chi connectivity index (χ0) is 16.7. The van der Waals surface area contributed by atoms with Crippen LogP contribution in [0.25, 0.3) is 10.9 Å². The fourth-order valence-corrected chi connectivity index (χ4v) is 6.19. The highest BCUT2D eigenvalue weighted by molar-refractivity contribution is 7.91. The first kappa shape index (κ1) is 16.1.